The molecule has 1 aromatic heterocycles. The van der Waals surface area contributed by atoms with Gasteiger partial charge in [0, 0.05) is 22.8 Å². The molecule has 1 heterocycles. The Hall–Kier alpha value is -2.67. The number of carbonyl (C=O) groups excluding carboxylic acids is 1. The van der Waals surface area contributed by atoms with E-state index in [-0.39, 0.29) is 11.4 Å². The van der Waals surface area contributed by atoms with Crippen LogP contribution in [0.4, 0.5) is 4.39 Å². The van der Waals surface area contributed by atoms with Crippen molar-refractivity contribution in [3.63, 3.8) is 0 Å². The van der Waals surface area contributed by atoms with Crippen LogP contribution in [0.2, 0.25) is 0 Å². The number of aromatic nitrogens is 1. The maximum absolute atomic E-state index is 13.1. The molecule has 0 unspecified atom stereocenters. The second kappa shape index (κ2) is 5.76. The standard InChI is InChI=1S/C17H15FN2O3S/c1-11-10-20(14-6-4-13(18)5-7-14)16-8-3-12(9-15(11)16)17(21)19-24(2,22)23/h3-10H,1-2H3,(H,19,21). The van der Waals surface area contributed by atoms with Crippen molar-refractivity contribution in [3.8, 4) is 5.69 Å². The SMILES string of the molecule is Cc1cn(-c2ccc(F)cc2)c2ccc(C(=O)NS(C)(=O)=O)cc12. The Morgan fingerprint density at radius 1 is 1.12 bits per heavy atom. The van der Waals surface area contributed by atoms with E-state index in [4.69, 9.17) is 0 Å². The molecule has 0 spiro atoms. The first-order valence-electron chi connectivity index (χ1n) is 7.14. The van der Waals surface area contributed by atoms with E-state index in [0.717, 1.165) is 28.4 Å². The molecular formula is C17H15FN2O3S. The van der Waals surface area contributed by atoms with Gasteiger partial charge in [0.1, 0.15) is 5.82 Å². The van der Waals surface area contributed by atoms with Crippen molar-refractivity contribution in [2.75, 3.05) is 6.26 Å². The minimum atomic E-state index is -3.62. The van der Waals surface area contributed by atoms with Gasteiger partial charge in [-0.1, -0.05) is 0 Å². The van der Waals surface area contributed by atoms with Gasteiger partial charge in [-0.05, 0) is 55.0 Å². The summed E-state index contributed by atoms with van der Waals surface area (Å²) in [7, 11) is -3.62. The molecule has 0 saturated carbocycles. The molecule has 7 heteroatoms. The van der Waals surface area contributed by atoms with Gasteiger partial charge >= 0.3 is 0 Å². The monoisotopic (exact) mass is 346 g/mol. The second-order valence-corrected chi connectivity index (χ2v) is 7.34. The zero-order valence-electron chi connectivity index (χ0n) is 13.1. The third-order valence-corrected chi connectivity index (χ3v) is 4.20. The third kappa shape index (κ3) is 3.16. The molecule has 24 heavy (non-hydrogen) atoms. The van der Waals surface area contributed by atoms with Gasteiger partial charge in [-0.2, -0.15) is 0 Å². The zero-order valence-corrected chi connectivity index (χ0v) is 13.9. The lowest BCUT2D eigenvalue weighted by molar-refractivity contribution is 0.0982. The first kappa shape index (κ1) is 16.2. The molecule has 124 valence electrons. The number of benzene rings is 2. The molecule has 0 atom stereocenters. The fraction of sp³-hybridized carbons (Fsp3) is 0.118. The van der Waals surface area contributed by atoms with Gasteiger partial charge in [0.15, 0.2) is 0 Å². The van der Waals surface area contributed by atoms with Crippen molar-refractivity contribution in [2.45, 2.75) is 6.92 Å². The lowest BCUT2D eigenvalue weighted by Crippen LogP contribution is -2.29. The quantitative estimate of drug-likeness (QED) is 0.793. The number of carbonyl (C=O) groups is 1. The molecule has 0 bridgehead atoms. The minimum absolute atomic E-state index is 0.257. The topological polar surface area (TPSA) is 68.2 Å². The van der Waals surface area contributed by atoms with Crippen LogP contribution >= 0.6 is 0 Å². The highest BCUT2D eigenvalue weighted by atomic mass is 32.2. The van der Waals surface area contributed by atoms with Crippen LogP contribution in [0.1, 0.15) is 15.9 Å². The molecule has 1 N–H and O–H groups in total. The van der Waals surface area contributed by atoms with Gasteiger partial charge in [0.25, 0.3) is 5.91 Å². The highest BCUT2D eigenvalue weighted by Crippen LogP contribution is 2.25. The number of fused-ring (bicyclic) bond motifs is 1. The summed E-state index contributed by atoms with van der Waals surface area (Å²) in [5.41, 5.74) is 2.81. The molecule has 5 nitrogen and oxygen atoms in total. The van der Waals surface area contributed by atoms with Crippen molar-refractivity contribution in [1.82, 2.24) is 9.29 Å². The van der Waals surface area contributed by atoms with Crippen LogP contribution in [0.25, 0.3) is 16.6 Å². The lowest BCUT2D eigenvalue weighted by atomic mass is 10.1. The summed E-state index contributed by atoms with van der Waals surface area (Å²) in [6, 6.07) is 11.0. The van der Waals surface area contributed by atoms with Gasteiger partial charge in [-0.25, -0.2) is 17.5 Å². The van der Waals surface area contributed by atoms with E-state index in [1.807, 2.05) is 22.4 Å². The summed E-state index contributed by atoms with van der Waals surface area (Å²) in [6.45, 7) is 1.89. The average molecular weight is 346 g/mol. The number of rotatable bonds is 3. The Labute approximate surface area is 138 Å². The molecule has 3 rings (SSSR count). The maximum atomic E-state index is 13.1. The van der Waals surface area contributed by atoms with Crippen LogP contribution in [-0.2, 0) is 10.0 Å². The first-order valence-corrected chi connectivity index (χ1v) is 9.03. The number of hydrogen-bond acceptors (Lipinski definition) is 3. The molecule has 3 aromatic rings. The van der Waals surface area contributed by atoms with E-state index in [1.165, 1.54) is 12.1 Å². The van der Waals surface area contributed by atoms with Gasteiger partial charge in [-0.3, -0.25) is 4.79 Å². The van der Waals surface area contributed by atoms with E-state index in [9.17, 15) is 17.6 Å². The van der Waals surface area contributed by atoms with E-state index < -0.39 is 15.9 Å². The number of halogens is 1. The fourth-order valence-corrected chi connectivity index (χ4v) is 3.03. The van der Waals surface area contributed by atoms with E-state index in [1.54, 1.807) is 30.3 Å². The first-order chi connectivity index (χ1) is 11.2. The van der Waals surface area contributed by atoms with Crippen molar-refractivity contribution >= 4 is 26.8 Å². The predicted molar refractivity (Wildman–Crippen MR) is 90.3 cm³/mol. The summed E-state index contributed by atoms with van der Waals surface area (Å²) in [6.07, 6.45) is 2.82. The summed E-state index contributed by atoms with van der Waals surface area (Å²) < 4.78 is 39.3. The third-order valence-electron chi connectivity index (χ3n) is 3.65. The average Bonchev–Trinajstić information content (AvgIpc) is 2.83. The van der Waals surface area contributed by atoms with Gasteiger partial charge < -0.3 is 4.57 Å². The molecule has 2 aromatic carbocycles. The Kier molecular flexibility index (Phi) is 3.88. The van der Waals surface area contributed by atoms with E-state index in [0.29, 0.717) is 0 Å². The number of hydrogen-bond donors (Lipinski definition) is 1. The van der Waals surface area contributed by atoms with Crippen LogP contribution < -0.4 is 4.72 Å². The normalized spacial score (nSPS) is 11.6. The highest BCUT2D eigenvalue weighted by Gasteiger charge is 2.14. The number of amides is 1. The molecule has 0 aliphatic rings. The minimum Gasteiger partial charge on any atom is -0.316 e. The summed E-state index contributed by atoms with van der Waals surface area (Å²) in [4.78, 5) is 12.0. The van der Waals surface area contributed by atoms with Crippen molar-refractivity contribution in [3.05, 3.63) is 65.6 Å². The van der Waals surface area contributed by atoms with Crippen LogP contribution in [0.3, 0.4) is 0 Å². The second-order valence-electron chi connectivity index (χ2n) is 5.59. The van der Waals surface area contributed by atoms with Crippen molar-refractivity contribution in [1.29, 1.82) is 0 Å². The van der Waals surface area contributed by atoms with Crippen LogP contribution in [0.5, 0.6) is 0 Å². The summed E-state index contributed by atoms with van der Waals surface area (Å²) >= 11 is 0. The molecule has 0 fully saturated rings. The van der Waals surface area contributed by atoms with Gasteiger partial charge in [-0.15, -0.1) is 0 Å². The summed E-state index contributed by atoms with van der Waals surface area (Å²) in [5, 5.41) is 0.820. The molecule has 1 amide bonds. The molecule has 0 saturated heterocycles. The van der Waals surface area contributed by atoms with Crippen LogP contribution in [0, 0.1) is 12.7 Å². The Morgan fingerprint density at radius 2 is 1.79 bits per heavy atom. The number of nitrogens with zero attached hydrogens (tertiary/aromatic N) is 1. The number of sulfonamides is 1. The van der Waals surface area contributed by atoms with Gasteiger partial charge in [0.05, 0.1) is 11.8 Å². The van der Waals surface area contributed by atoms with E-state index in [2.05, 4.69) is 0 Å². The molecular weight excluding hydrogens is 331 g/mol. The molecule has 0 aliphatic carbocycles. The van der Waals surface area contributed by atoms with Crippen molar-refractivity contribution in [2.24, 2.45) is 0 Å². The highest BCUT2D eigenvalue weighted by molar-refractivity contribution is 7.89. The largest absolute Gasteiger partial charge is 0.316 e. The Balaban J connectivity index is 2.08. The fourth-order valence-electron chi connectivity index (χ4n) is 2.58. The van der Waals surface area contributed by atoms with Gasteiger partial charge in [0.2, 0.25) is 10.0 Å². The Morgan fingerprint density at radius 3 is 2.42 bits per heavy atom. The molecule has 0 aliphatic heterocycles. The van der Waals surface area contributed by atoms with Crippen LogP contribution in [0.15, 0.2) is 48.7 Å². The van der Waals surface area contributed by atoms with Crippen molar-refractivity contribution < 1.29 is 17.6 Å². The van der Waals surface area contributed by atoms with E-state index >= 15 is 0 Å². The maximum Gasteiger partial charge on any atom is 0.264 e. The zero-order chi connectivity index (χ0) is 17.5. The molecule has 0 radical (unpaired) electrons. The predicted octanol–water partition coefficient (Wildman–Crippen LogP) is 2.77. The number of nitrogens with one attached hydrogen (secondary N) is 1. The number of aryl methyl sites for hydroxylation is 1. The smallest absolute Gasteiger partial charge is 0.264 e. The lowest BCUT2D eigenvalue weighted by Gasteiger charge is -2.07. The summed E-state index contributed by atoms with van der Waals surface area (Å²) in [5.74, 6) is -0.986. The van der Waals surface area contributed by atoms with Crippen LogP contribution in [-0.4, -0.2) is 25.1 Å². The Bertz CT molecular complexity index is 1040.